The third-order valence-electron chi connectivity index (χ3n) is 3.98. The molecule has 0 rings (SSSR count). The summed E-state index contributed by atoms with van der Waals surface area (Å²) in [5, 5.41) is 0. The quantitative estimate of drug-likeness (QED) is 0.163. The number of hydrogen-bond acceptors (Lipinski definition) is 1. The average molecular weight is 294 g/mol. The molecule has 0 fully saturated rings. The molecule has 21 heavy (non-hydrogen) atoms. The van der Waals surface area contributed by atoms with Crippen LogP contribution in [0.5, 0.6) is 0 Å². The van der Waals surface area contributed by atoms with E-state index in [2.05, 4.69) is 24.1 Å². The summed E-state index contributed by atoms with van der Waals surface area (Å²) in [6, 6.07) is 0. The first-order valence-electron chi connectivity index (χ1n) is 9.51. The molecule has 0 amide bonds. The van der Waals surface area contributed by atoms with Crippen LogP contribution in [0.3, 0.4) is 0 Å². The second kappa shape index (κ2) is 19.4. The fourth-order valence-corrected chi connectivity index (χ4v) is 2.58. The highest BCUT2D eigenvalue weighted by Crippen LogP contribution is 2.09. The second-order valence-corrected chi connectivity index (χ2v) is 6.10. The van der Waals surface area contributed by atoms with Gasteiger partial charge in [-0.1, -0.05) is 76.9 Å². The summed E-state index contributed by atoms with van der Waals surface area (Å²) in [5.41, 5.74) is 0. The van der Waals surface area contributed by atoms with Gasteiger partial charge in [0.25, 0.3) is 0 Å². The molecule has 0 radical (unpaired) electrons. The summed E-state index contributed by atoms with van der Waals surface area (Å²) >= 11 is 0. The zero-order chi connectivity index (χ0) is 15.4. The first-order chi connectivity index (χ1) is 10.4. The number of allylic oxidation sites excluding steroid dienone is 2. The Balaban J connectivity index is 3.05. The van der Waals surface area contributed by atoms with Crippen molar-refractivity contribution in [2.24, 2.45) is 4.99 Å². The molecule has 0 aromatic heterocycles. The van der Waals surface area contributed by atoms with E-state index in [-0.39, 0.29) is 0 Å². The summed E-state index contributed by atoms with van der Waals surface area (Å²) in [5.74, 6) is 0. The highest BCUT2D eigenvalue weighted by Gasteiger charge is 1.91. The minimum absolute atomic E-state index is 1.03. The Morgan fingerprint density at radius 3 is 1.62 bits per heavy atom. The van der Waals surface area contributed by atoms with Gasteiger partial charge in [-0.2, -0.15) is 0 Å². The molecule has 0 aliphatic rings. The highest BCUT2D eigenvalue weighted by atomic mass is 14.7. The predicted molar refractivity (Wildman–Crippen MR) is 98.5 cm³/mol. The van der Waals surface area contributed by atoms with Crippen molar-refractivity contribution in [1.29, 1.82) is 0 Å². The van der Waals surface area contributed by atoms with Gasteiger partial charge in [0.15, 0.2) is 0 Å². The lowest BCUT2D eigenvalue weighted by molar-refractivity contribution is 0.599. The Labute approximate surface area is 134 Å². The molecule has 0 saturated heterocycles. The third kappa shape index (κ3) is 19.4. The maximum Gasteiger partial charge on any atom is 0.0385 e. The van der Waals surface area contributed by atoms with Crippen LogP contribution in [0.4, 0.5) is 0 Å². The normalized spacial score (nSPS) is 11.9. The zero-order valence-corrected chi connectivity index (χ0v) is 14.8. The lowest BCUT2D eigenvalue weighted by Crippen LogP contribution is -1.83. The number of rotatable bonds is 16. The van der Waals surface area contributed by atoms with Crippen molar-refractivity contribution in [2.45, 2.75) is 104 Å². The smallest absolute Gasteiger partial charge is 0.0385 e. The summed E-state index contributed by atoms with van der Waals surface area (Å²) in [6.45, 7) is 5.31. The molecule has 0 aromatic rings. The fraction of sp³-hybridized carbons (Fsp3) is 0.850. The Kier molecular flexibility index (Phi) is 18.9. The summed E-state index contributed by atoms with van der Waals surface area (Å²) in [6.07, 6.45) is 26.0. The van der Waals surface area contributed by atoms with Gasteiger partial charge in [0.2, 0.25) is 0 Å². The Morgan fingerprint density at radius 2 is 1.10 bits per heavy atom. The highest BCUT2D eigenvalue weighted by molar-refractivity contribution is 5.53. The van der Waals surface area contributed by atoms with Crippen molar-refractivity contribution in [3.63, 3.8) is 0 Å². The molecular formula is C20H39N. The molecular weight excluding hydrogens is 254 g/mol. The maximum atomic E-state index is 4.24. The van der Waals surface area contributed by atoms with Crippen molar-refractivity contribution in [3.8, 4) is 0 Å². The molecule has 0 aliphatic carbocycles. The number of aliphatic imine (C=N–C) groups is 1. The largest absolute Gasteiger partial charge is 0.298 e. The van der Waals surface area contributed by atoms with Gasteiger partial charge in [0.1, 0.15) is 0 Å². The van der Waals surface area contributed by atoms with Gasteiger partial charge in [0, 0.05) is 6.54 Å². The SMILES string of the molecule is CC=NCCCCCCCC/C=C\CCCCCCCC. The van der Waals surface area contributed by atoms with Gasteiger partial charge in [-0.3, -0.25) is 4.99 Å². The predicted octanol–water partition coefficient (Wildman–Crippen LogP) is 7.11. The van der Waals surface area contributed by atoms with Crippen LogP contribution in [0.2, 0.25) is 0 Å². The Hall–Kier alpha value is -0.590. The third-order valence-corrected chi connectivity index (χ3v) is 3.98. The molecule has 0 bridgehead atoms. The average Bonchev–Trinajstić information content (AvgIpc) is 2.50. The minimum atomic E-state index is 1.03. The molecule has 0 heterocycles. The summed E-state index contributed by atoms with van der Waals surface area (Å²) < 4.78 is 0. The molecule has 124 valence electrons. The van der Waals surface area contributed by atoms with Crippen LogP contribution < -0.4 is 0 Å². The topological polar surface area (TPSA) is 12.4 Å². The van der Waals surface area contributed by atoms with Crippen molar-refractivity contribution in [3.05, 3.63) is 12.2 Å². The van der Waals surface area contributed by atoms with Crippen LogP contribution in [0, 0.1) is 0 Å². The lowest BCUT2D eigenvalue weighted by Gasteiger charge is -1.99. The molecule has 0 unspecified atom stereocenters. The van der Waals surface area contributed by atoms with Gasteiger partial charge in [0.05, 0.1) is 0 Å². The van der Waals surface area contributed by atoms with E-state index in [1.165, 1.54) is 89.9 Å². The lowest BCUT2D eigenvalue weighted by atomic mass is 10.1. The standard InChI is InChI=1S/C20H39N/c1-3-5-6-7-8-9-10-11-12-13-14-15-16-17-18-19-20-21-4-2/h4,11-12H,3,5-10,13-20H2,1-2H3/b12-11-,21-4?. The van der Waals surface area contributed by atoms with Crippen molar-refractivity contribution in [1.82, 2.24) is 0 Å². The van der Waals surface area contributed by atoms with E-state index in [4.69, 9.17) is 0 Å². The first kappa shape index (κ1) is 20.4. The van der Waals surface area contributed by atoms with E-state index in [0.717, 1.165) is 6.54 Å². The Bertz CT molecular complexity index is 230. The summed E-state index contributed by atoms with van der Waals surface area (Å²) in [7, 11) is 0. The molecule has 1 heteroatoms. The maximum absolute atomic E-state index is 4.24. The van der Waals surface area contributed by atoms with Crippen LogP contribution in [0.25, 0.3) is 0 Å². The van der Waals surface area contributed by atoms with Crippen LogP contribution in [-0.4, -0.2) is 12.8 Å². The zero-order valence-electron chi connectivity index (χ0n) is 14.8. The van der Waals surface area contributed by atoms with Crippen LogP contribution in [-0.2, 0) is 0 Å². The number of hydrogen-bond donors (Lipinski definition) is 0. The van der Waals surface area contributed by atoms with Gasteiger partial charge >= 0.3 is 0 Å². The van der Waals surface area contributed by atoms with E-state index in [9.17, 15) is 0 Å². The van der Waals surface area contributed by atoms with E-state index < -0.39 is 0 Å². The van der Waals surface area contributed by atoms with Crippen molar-refractivity contribution >= 4 is 6.21 Å². The molecule has 1 nitrogen and oxygen atoms in total. The van der Waals surface area contributed by atoms with Gasteiger partial charge in [-0.05, 0) is 45.2 Å². The van der Waals surface area contributed by atoms with Crippen LogP contribution >= 0.6 is 0 Å². The molecule has 0 atom stereocenters. The van der Waals surface area contributed by atoms with Crippen LogP contribution in [0.1, 0.15) is 104 Å². The number of nitrogens with zero attached hydrogens (tertiary/aromatic N) is 1. The van der Waals surface area contributed by atoms with Crippen molar-refractivity contribution in [2.75, 3.05) is 6.54 Å². The van der Waals surface area contributed by atoms with Gasteiger partial charge < -0.3 is 0 Å². The van der Waals surface area contributed by atoms with E-state index in [1.807, 2.05) is 13.1 Å². The Morgan fingerprint density at radius 1 is 0.619 bits per heavy atom. The van der Waals surface area contributed by atoms with E-state index >= 15 is 0 Å². The molecule has 0 aliphatic heterocycles. The molecule has 0 saturated carbocycles. The second-order valence-electron chi connectivity index (χ2n) is 6.10. The molecule has 0 N–H and O–H groups in total. The fourth-order valence-electron chi connectivity index (χ4n) is 2.58. The number of unbranched alkanes of at least 4 members (excludes halogenated alkanes) is 12. The van der Waals surface area contributed by atoms with Gasteiger partial charge in [-0.25, -0.2) is 0 Å². The van der Waals surface area contributed by atoms with Gasteiger partial charge in [-0.15, -0.1) is 0 Å². The summed E-state index contributed by atoms with van der Waals surface area (Å²) in [4.78, 5) is 4.24. The van der Waals surface area contributed by atoms with Crippen LogP contribution in [0.15, 0.2) is 17.1 Å². The monoisotopic (exact) mass is 293 g/mol. The first-order valence-corrected chi connectivity index (χ1v) is 9.51. The molecule has 0 spiro atoms. The molecule has 0 aromatic carbocycles. The van der Waals surface area contributed by atoms with E-state index in [1.54, 1.807) is 0 Å². The van der Waals surface area contributed by atoms with Crippen molar-refractivity contribution < 1.29 is 0 Å². The van der Waals surface area contributed by atoms with E-state index in [0.29, 0.717) is 0 Å². The minimum Gasteiger partial charge on any atom is -0.298 e.